The fourth-order valence-electron chi connectivity index (χ4n) is 1.77. The lowest BCUT2D eigenvalue weighted by molar-refractivity contribution is 0.0397. The Labute approximate surface area is 113 Å². The van der Waals surface area contributed by atoms with E-state index in [9.17, 15) is 5.11 Å². The van der Waals surface area contributed by atoms with E-state index in [1.807, 2.05) is 11.9 Å². The topological polar surface area (TPSA) is 62.4 Å². The number of hydrogen-bond donors (Lipinski definition) is 1. The fraction of sp³-hybridized carbons (Fsp3) is 0.833. The lowest BCUT2D eigenvalue weighted by atomic mass is 10.1. The van der Waals surface area contributed by atoms with Crippen LogP contribution in [0.15, 0.2) is 4.52 Å². The van der Waals surface area contributed by atoms with Crippen LogP contribution in [0.2, 0.25) is 0 Å². The first kappa shape index (κ1) is 15.5. The van der Waals surface area contributed by atoms with Gasteiger partial charge >= 0.3 is 0 Å². The molecule has 0 radical (unpaired) electrons. The summed E-state index contributed by atoms with van der Waals surface area (Å²) in [5.74, 6) is 2.37. The van der Waals surface area contributed by atoms with Gasteiger partial charge in [-0.3, -0.25) is 4.90 Å². The molecule has 0 fully saturated rings. The zero-order chi connectivity index (χ0) is 13.8. The first-order valence-electron chi connectivity index (χ1n) is 6.17. The Kier molecular flexibility index (Phi) is 5.62. The van der Waals surface area contributed by atoms with E-state index in [1.54, 1.807) is 25.6 Å². The molecule has 0 aromatic carbocycles. The van der Waals surface area contributed by atoms with Gasteiger partial charge in [0.2, 0.25) is 5.89 Å². The Bertz CT molecular complexity index is 362. The van der Waals surface area contributed by atoms with E-state index in [2.05, 4.69) is 24.0 Å². The second-order valence-corrected chi connectivity index (χ2v) is 6.75. The molecule has 0 aliphatic rings. The fourth-order valence-corrected chi connectivity index (χ4v) is 2.51. The van der Waals surface area contributed by atoms with Crippen molar-refractivity contribution in [2.75, 3.05) is 19.3 Å². The zero-order valence-electron chi connectivity index (χ0n) is 11.8. The number of likely N-dealkylation sites (N-methyl/N-ethyl adjacent to an activating group) is 1. The average Bonchev–Trinajstić information content (AvgIpc) is 2.63. The molecule has 6 heteroatoms. The van der Waals surface area contributed by atoms with E-state index in [1.165, 1.54) is 0 Å². The summed E-state index contributed by atoms with van der Waals surface area (Å²) in [7, 11) is 1.92. The molecule has 0 amide bonds. The van der Waals surface area contributed by atoms with Gasteiger partial charge in [0, 0.05) is 6.54 Å². The first-order valence-corrected chi connectivity index (χ1v) is 7.21. The lowest BCUT2D eigenvalue weighted by Gasteiger charge is -2.23. The van der Waals surface area contributed by atoms with Crippen LogP contribution in [0.25, 0.3) is 0 Å². The molecule has 104 valence electrons. The highest BCUT2D eigenvalue weighted by molar-refractivity contribution is 7.99. The summed E-state index contributed by atoms with van der Waals surface area (Å²) < 4.78 is 5.22. The molecule has 0 aliphatic heterocycles. The molecular formula is C12H23N3O2S. The Hall–Kier alpha value is -0.590. The Morgan fingerprint density at radius 2 is 2.17 bits per heavy atom. The van der Waals surface area contributed by atoms with Crippen LogP contribution in [0.1, 0.15) is 44.7 Å². The number of aliphatic hydroxyl groups is 1. The molecule has 1 rings (SSSR count). The van der Waals surface area contributed by atoms with Crippen molar-refractivity contribution in [1.29, 1.82) is 0 Å². The molecule has 0 aliphatic carbocycles. The third-order valence-electron chi connectivity index (χ3n) is 2.33. The minimum Gasteiger partial charge on any atom is -0.389 e. The third kappa shape index (κ3) is 5.37. The molecule has 5 nitrogen and oxygen atoms in total. The van der Waals surface area contributed by atoms with Crippen molar-refractivity contribution in [2.24, 2.45) is 0 Å². The van der Waals surface area contributed by atoms with Gasteiger partial charge in [-0.2, -0.15) is 16.7 Å². The zero-order valence-corrected chi connectivity index (χ0v) is 12.6. The molecule has 0 spiro atoms. The van der Waals surface area contributed by atoms with Crippen molar-refractivity contribution in [1.82, 2.24) is 15.0 Å². The number of hydrogen-bond acceptors (Lipinski definition) is 6. The maximum Gasteiger partial charge on any atom is 0.240 e. The van der Waals surface area contributed by atoms with Crippen LogP contribution in [-0.2, 0) is 6.54 Å². The van der Waals surface area contributed by atoms with Gasteiger partial charge in [0.15, 0.2) is 5.82 Å². The summed E-state index contributed by atoms with van der Waals surface area (Å²) >= 11 is 1.79. The van der Waals surface area contributed by atoms with Crippen LogP contribution in [0.3, 0.4) is 0 Å². The van der Waals surface area contributed by atoms with Crippen molar-refractivity contribution in [3.05, 3.63) is 11.7 Å². The predicted octanol–water partition coefficient (Wildman–Crippen LogP) is 2.09. The number of thioether (sulfide) groups is 1. The molecule has 1 atom stereocenters. The molecule has 18 heavy (non-hydrogen) atoms. The van der Waals surface area contributed by atoms with E-state index in [0.717, 1.165) is 11.6 Å². The molecule has 1 aromatic rings. The Balaban J connectivity index is 2.53. The van der Waals surface area contributed by atoms with Crippen LogP contribution in [0, 0.1) is 0 Å². The Morgan fingerprint density at radius 1 is 1.50 bits per heavy atom. The SMILES string of the molecule is CCSC(C)c1noc(CN(C)CC(C)(C)O)n1. The molecule has 0 saturated carbocycles. The summed E-state index contributed by atoms with van der Waals surface area (Å²) in [5, 5.41) is 14.0. The summed E-state index contributed by atoms with van der Waals surface area (Å²) in [4.78, 5) is 6.34. The van der Waals surface area contributed by atoms with Gasteiger partial charge in [-0.15, -0.1) is 0 Å². The minimum absolute atomic E-state index is 0.257. The van der Waals surface area contributed by atoms with Gasteiger partial charge in [-0.25, -0.2) is 0 Å². The summed E-state index contributed by atoms with van der Waals surface area (Å²) in [5.41, 5.74) is -0.719. The first-order chi connectivity index (χ1) is 8.31. The quantitative estimate of drug-likeness (QED) is 0.820. The van der Waals surface area contributed by atoms with Gasteiger partial charge < -0.3 is 9.63 Å². The molecule has 1 unspecified atom stereocenters. The highest BCUT2D eigenvalue weighted by Gasteiger charge is 2.18. The largest absolute Gasteiger partial charge is 0.389 e. The predicted molar refractivity (Wildman–Crippen MR) is 73.5 cm³/mol. The molecular weight excluding hydrogens is 250 g/mol. The second-order valence-electron chi connectivity index (χ2n) is 5.13. The molecule has 1 aromatic heterocycles. The summed E-state index contributed by atoms with van der Waals surface area (Å²) in [6.45, 7) is 8.86. The lowest BCUT2D eigenvalue weighted by Crippen LogP contribution is -2.35. The average molecular weight is 273 g/mol. The van der Waals surface area contributed by atoms with Gasteiger partial charge in [0.05, 0.1) is 17.4 Å². The van der Waals surface area contributed by atoms with Crippen LogP contribution in [-0.4, -0.2) is 45.1 Å². The smallest absolute Gasteiger partial charge is 0.240 e. The maximum absolute atomic E-state index is 9.72. The third-order valence-corrected chi connectivity index (χ3v) is 3.37. The van der Waals surface area contributed by atoms with Crippen molar-refractivity contribution in [3.63, 3.8) is 0 Å². The monoisotopic (exact) mass is 273 g/mol. The van der Waals surface area contributed by atoms with E-state index in [-0.39, 0.29) is 5.25 Å². The highest BCUT2D eigenvalue weighted by Crippen LogP contribution is 2.25. The Morgan fingerprint density at radius 3 is 2.72 bits per heavy atom. The van der Waals surface area contributed by atoms with Crippen LogP contribution < -0.4 is 0 Å². The van der Waals surface area contributed by atoms with E-state index in [0.29, 0.717) is 19.0 Å². The van der Waals surface area contributed by atoms with Crippen molar-refractivity contribution >= 4 is 11.8 Å². The van der Waals surface area contributed by atoms with Crippen molar-refractivity contribution < 1.29 is 9.63 Å². The van der Waals surface area contributed by atoms with E-state index in [4.69, 9.17) is 4.52 Å². The van der Waals surface area contributed by atoms with Gasteiger partial charge in [0.25, 0.3) is 0 Å². The number of nitrogens with zero attached hydrogens (tertiary/aromatic N) is 3. The minimum atomic E-state index is -0.719. The van der Waals surface area contributed by atoms with Gasteiger partial charge in [-0.1, -0.05) is 12.1 Å². The van der Waals surface area contributed by atoms with E-state index >= 15 is 0 Å². The normalized spacial score (nSPS) is 14.2. The second kappa shape index (κ2) is 6.54. The highest BCUT2D eigenvalue weighted by atomic mass is 32.2. The summed E-state index contributed by atoms with van der Waals surface area (Å²) in [6.07, 6.45) is 0. The van der Waals surface area contributed by atoms with Crippen molar-refractivity contribution in [2.45, 2.75) is 45.1 Å². The molecule has 1 N–H and O–H groups in total. The van der Waals surface area contributed by atoms with Crippen LogP contribution in [0.4, 0.5) is 0 Å². The molecule has 0 saturated heterocycles. The van der Waals surface area contributed by atoms with E-state index < -0.39 is 5.60 Å². The molecule has 1 heterocycles. The molecule has 0 bridgehead atoms. The van der Waals surface area contributed by atoms with Crippen molar-refractivity contribution in [3.8, 4) is 0 Å². The number of aromatic nitrogens is 2. The standard InChI is InChI=1S/C12H23N3O2S/c1-6-18-9(2)11-13-10(17-14-11)7-15(5)8-12(3,4)16/h9,16H,6-8H2,1-5H3. The van der Waals surface area contributed by atoms with Gasteiger partial charge in [-0.05, 0) is 33.6 Å². The van der Waals surface area contributed by atoms with Crippen LogP contribution >= 0.6 is 11.8 Å². The van der Waals surface area contributed by atoms with Gasteiger partial charge in [0.1, 0.15) is 0 Å². The maximum atomic E-state index is 9.72. The van der Waals surface area contributed by atoms with Crippen LogP contribution in [0.5, 0.6) is 0 Å². The summed E-state index contributed by atoms with van der Waals surface area (Å²) in [6, 6.07) is 0. The number of rotatable bonds is 7.